The van der Waals surface area contributed by atoms with Gasteiger partial charge in [-0.2, -0.15) is 0 Å². The van der Waals surface area contributed by atoms with Crippen LogP contribution < -0.4 is 5.73 Å². The molecule has 98 valence electrons. The number of primary amides is 1. The van der Waals surface area contributed by atoms with E-state index in [0.717, 1.165) is 16.7 Å². The average molecular weight is 274 g/mol. The molecule has 0 bridgehead atoms. The second-order valence-electron chi connectivity index (χ2n) is 4.50. The standard InChI is InChI=1S/C16H16ClNO/c17-14(11-16(18)19)10-13-8-4-5-9-15(13)12-6-2-1-3-7-12/h1-9,14H,10-11H2,(H2,18,19). The van der Waals surface area contributed by atoms with Gasteiger partial charge in [-0.3, -0.25) is 4.79 Å². The minimum absolute atomic E-state index is 0.199. The average Bonchev–Trinajstić information content (AvgIpc) is 2.39. The SMILES string of the molecule is NC(=O)CC(Cl)Cc1ccccc1-c1ccccc1. The van der Waals surface area contributed by atoms with Crippen molar-refractivity contribution < 1.29 is 4.79 Å². The molecular weight excluding hydrogens is 258 g/mol. The van der Waals surface area contributed by atoms with E-state index in [0.29, 0.717) is 6.42 Å². The number of alkyl halides is 1. The first-order valence-corrected chi connectivity index (χ1v) is 6.66. The molecule has 19 heavy (non-hydrogen) atoms. The molecule has 2 nitrogen and oxygen atoms in total. The Hall–Kier alpha value is -1.80. The van der Waals surface area contributed by atoms with Gasteiger partial charge in [-0.05, 0) is 23.1 Å². The Balaban J connectivity index is 2.24. The maximum atomic E-state index is 10.9. The minimum atomic E-state index is -0.364. The second kappa shape index (κ2) is 6.39. The van der Waals surface area contributed by atoms with Crippen molar-refractivity contribution in [3.05, 3.63) is 60.2 Å². The summed E-state index contributed by atoms with van der Waals surface area (Å²) in [6, 6.07) is 18.2. The molecule has 2 rings (SSSR count). The first kappa shape index (κ1) is 13.6. The van der Waals surface area contributed by atoms with Crippen LogP contribution in [0.25, 0.3) is 11.1 Å². The highest BCUT2D eigenvalue weighted by Gasteiger charge is 2.12. The molecular formula is C16H16ClNO. The molecule has 0 fully saturated rings. The van der Waals surface area contributed by atoms with Crippen molar-refractivity contribution in [2.45, 2.75) is 18.2 Å². The number of nitrogens with two attached hydrogens (primary N) is 1. The first-order valence-electron chi connectivity index (χ1n) is 6.22. The lowest BCUT2D eigenvalue weighted by Gasteiger charge is -2.12. The number of halogens is 1. The summed E-state index contributed by atoms with van der Waals surface area (Å²) in [5.74, 6) is -0.364. The van der Waals surface area contributed by atoms with Crippen molar-refractivity contribution in [1.29, 1.82) is 0 Å². The molecule has 1 unspecified atom stereocenters. The monoisotopic (exact) mass is 273 g/mol. The number of amides is 1. The predicted molar refractivity (Wildman–Crippen MR) is 79.0 cm³/mol. The lowest BCUT2D eigenvalue weighted by atomic mass is 9.96. The van der Waals surface area contributed by atoms with Crippen LogP contribution in [0.15, 0.2) is 54.6 Å². The Kier molecular flexibility index (Phi) is 4.58. The van der Waals surface area contributed by atoms with Crippen molar-refractivity contribution in [3.63, 3.8) is 0 Å². The molecule has 1 atom stereocenters. The summed E-state index contributed by atoms with van der Waals surface area (Å²) in [4.78, 5) is 10.9. The van der Waals surface area contributed by atoms with Crippen LogP contribution in [0.1, 0.15) is 12.0 Å². The third kappa shape index (κ3) is 3.83. The Bertz CT molecular complexity index is 554. The molecule has 0 saturated heterocycles. The van der Waals surface area contributed by atoms with Gasteiger partial charge in [-0.15, -0.1) is 11.6 Å². The van der Waals surface area contributed by atoms with Gasteiger partial charge < -0.3 is 5.73 Å². The van der Waals surface area contributed by atoms with Gasteiger partial charge >= 0.3 is 0 Å². The van der Waals surface area contributed by atoms with Gasteiger partial charge in [0.05, 0.1) is 0 Å². The van der Waals surface area contributed by atoms with E-state index < -0.39 is 0 Å². The van der Waals surface area contributed by atoms with Gasteiger partial charge in [0, 0.05) is 11.8 Å². The summed E-state index contributed by atoms with van der Waals surface area (Å²) in [6.45, 7) is 0. The maximum Gasteiger partial charge on any atom is 0.218 e. The van der Waals surface area contributed by atoms with Gasteiger partial charge in [0.25, 0.3) is 0 Å². The summed E-state index contributed by atoms with van der Waals surface area (Å²) in [7, 11) is 0. The fraction of sp³-hybridized carbons (Fsp3) is 0.188. The first-order chi connectivity index (χ1) is 9.16. The van der Waals surface area contributed by atoms with Gasteiger partial charge in [-0.25, -0.2) is 0 Å². The largest absolute Gasteiger partial charge is 0.370 e. The summed E-state index contributed by atoms with van der Waals surface area (Å²) < 4.78 is 0. The van der Waals surface area contributed by atoms with Crippen molar-refractivity contribution >= 4 is 17.5 Å². The lowest BCUT2D eigenvalue weighted by Crippen LogP contribution is -2.18. The number of rotatable bonds is 5. The molecule has 1 amide bonds. The second-order valence-corrected chi connectivity index (χ2v) is 5.11. The van der Waals surface area contributed by atoms with Gasteiger partial charge in [0.15, 0.2) is 0 Å². The number of hydrogen-bond donors (Lipinski definition) is 1. The van der Waals surface area contributed by atoms with Crippen LogP contribution in [-0.4, -0.2) is 11.3 Å². The quantitative estimate of drug-likeness (QED) is 0.834. The van der Waals surface area contributed by atoms with E-state index in [2.05, 4.69) is 18.2 Å². The van der Waals surface area contributed by atoms with Crippen molar-refractivity contribution in [3.8, 4) is 11.1 Å². The van der Waals surface area contributed by atoms with Crippen LogP contribution in [0.2, 0.25) is 0 Å². The fourth-order valence-corrected chi connectivity index (χ4v) is 2.45. The molecule has 0 aromatic heterocycles. The Labute approximate surface area is 118 Å². The molecule has 0 spiro atoms. The van der Waals surface area contributed by atoms with E-state index in [1.807, 2.05) is 36.4 Å². The third-order valence-corrected chi connectivity index (χ3v) is 3.27. The molecule has 0 radical (unpaired) electrons. The van der Waals surface area contributed by atoms with E-state index in [9.17, 15) is 4.79 Å². The van der Waals surface area contributed by atoms with Crippen LogP contribution in [0.5, 0.6) is 0 Å². The zero-order chi connectivity index (χ0) is 13.7. The lowest BCUT2D eigenvalue weighted by molar-refractivity contribution is -0.118. The van der Waals surface area contributed by atoms with Crippen LogP contribution >= 0.6 is 11.6 Å². The van der Waals surface area contributed by atoms with E-state index in [4.69, 9.17) is 17.3 Å². The van der Waals surface area contributed by atoms with Crippen LogP contribution in [-0.2, 0) is 11.2 Å². The number of carbonyl (C=O) groups excluding carboxylic acids is 1. The predicted octanol–water partition coefficient (Wildman–Crippen LogP) is 3.38. The van der Waals surface area contributed by atoms with Crippen LogP contribution in [0.3, 0.4) is 0 Å². The van der Waals surface area contributed by atoms with E-state index in [-0.39, 0.29) is 17.7 Å². The molecule has 2 aromatic carbocycles. The van der Waals surface area contributed by atoms with Crippen LogP contribution in [0.4, 0.5) is 0 Å². The third-order valence-electron chi connectivity index (χ3n) is 2.97. The molecule has 0 aliphatic carbocycles. The van der Waals surface area contributed by atoms with Crippen molar-refractivity contribution in [2.75, 3.05) is 0 Å². The number of hydrogen-bond acceptors (Lipinski definition) is 1. The maximum absolute atomic E-state index is 10.9. The van der Waals surface area contributed by atoms with Crippen molar-refractivity contribution in [1.82, 2.24) is 0 Å². The van der Waals surface area contributed by atoms with E-state index in [1.165, 1.54) is 0 Å². The van der Waals surface area contributed by atoms with Crippen LogP contribution in [0, 0.1) is 0 Å². The summed E-state index contributed by atoms with van der Waals surface area (Å²) >= 11 is 6.17. The van der Waals surface area contributed by atoms with Gasteiger partial charge in [0.1, 0.15) is 0 Å². The van der Waals surface area contributed by atoms with E-state index >= 15 is 0 Å². The van der Waals surface area contributed by atoms with Crippen molar-refractivity contribution in [2.24, 2.45) is 5.73 Å². The highest BCUT2D eigenvalue weighted by molar-refractivity contribution is 6.21. The zero-order valence-corrected chi connectivity index (χ0v) is 11.3. The zero-order valence-electron chi connectivity index (χ0n) is 10.6. The molecule has 2 aromatic rings. The number of benzene rings is 2. The smallest absolute Gasteiger partial charge is 0.218 e. The topological polar surface area (TPSA) is 43.1 Å². The molecule has 0 aliphatic rings. The van der Waals surface area contributed by atoms with E-state index in [1.54, 1.807) is 0 Å². The molecule has 3 heteroatoms. The summed E-state index contributed by atoms with van der Waals surface area (Å²) in [6.07, 6.45) is 0.834. The fourth-order valence-electron chi connectivity index (χ4n) is 2.13. The van der Waals surface area contributed by atoms with Gasteiger partial charge in [0.2, 0.25) is 5.91 Å². The summed E-state index contributed by atoms with van der Waals surface area (Å²) in [5.41, 5.74) is 8.61. The Morgan fingerprint density at radius 3 is 2.37 bits per heavy atom. The molecule has 0 heterocycles. The normalized spacial score (nSPS) is 12.1. The Morgan fingerprint density at radius 2 is 1.68 bits per heavy atom. The highest BCUT2D eigenvalue weighted by atomic mass is 35.5. The number of carbonyl (C=O) groups is 1. The summed E-state index contributed by atoms with van der Waals surface area (Å²) in [5, 5.41) is -0.262. The molecule has 2 N–H and O–H groups in total. The molecule has 0 saturated carbocycles. The molecule has 0 aliphatic heterocycles. The highest BCUT2D eigenvalue weighted by Crippen LogP contribution is 2.25. The van der Waals surface area contributed by atoms with Gasteiger partial charge in [-0.1, -0.05) is 54.6 Å². The Morgan fingerprint density at radius 1 is 1.05 bits per heavy atom. The minimum Gasteiger partial charge on any atom is -0.370 e.